The number of aliphatic hydroxyl groups excluding tert-OH is 1. The largest absolute Gasteiger partial charge is 0.389 e. The molecule has 0 bridgehead atoms. The van der Waals surface area contributed by atoms with Gasteiger partial charge in [0.2, 0.25) is 0 Å². The lowest BCUT2D eigenvalue weighted by molar-refractivity contribution is -0.0209. The molecule has 3 nitrogen and oxygen atoms in total. The van der Waals surface area contributed by atoms with Gasteiger partial charge in [0.05, 0.1) is 23.2 Å². The van der Waals surface area contributed by atoms with Crippen LogP contribution in [0.2, 0.25) is 4.34 Å². The SMILES string of the molecule is CC(C)(Cc1ccc2ccccc2c1)NC[C@@H](O)COC(c1csc(Cl)c1)C1CC1. The Morgan fingerprint density at radius 2 is 1.93 bits per heavy atom. The number of hydrogen-bond acceptors (Lipinski definition) is 4. The van der Waals surface area contributed by atoms with Gasteiger partial charge in [0, 0.05) is 12.1 Å². The lowest BCUT2D eigenvalue weighted by Crippen LogP contribution is -2.46. The Labute approximate surface area is 188 Å². The lowest BCUT2D eigenvalue weighted by Gasteiger charge is -2.28. The highest BCUT2D eigenvalue weighted by molar-refractivity contribution is 7.14. The first-order valence-electron chi connectivity index (χ1n) is 10.7. The van der Waals surface area contributed by atoms with Crippen LogP contribution in [0.25, 0.3) is 10.8 Å². The summed E-state index contributed by atoms with van der Waals surface area (Å²) in [5.41, 5.74) is 2.31. The average Bonchev–Trinajstić information content (AvgIpc) is 3.47. The zero-order valence-electron chi connectivity index (χ0n) is 17.6. The Kier molecular flexibility index (Phi) is 6.81. The zero-order valence-corrected chi connectivity index (χ0v) is 19.2. The Hall–Kier alpha value is -1.43. The van der Waals surface area contributed by atoms with Crippen molar-refractivity contribution in [3.05, 3.63) is 69.4 Å². The highest BCUT2D eigenvalue weighted by Gasteiger charge is 2.34. The smallest absolute Gasteiger partial charge is 0.0932 e. The molecule has 1 aliphatic rings. The van der Waals surface area contributed by atoms with Gasteiger partial charge in [-0.3, -0.25) is 0 Å². The van der Waals surface area contributed by atoms with Crippen LogP contribution in [0, 0.1) is 5.92 Å². The van der Waals surface area contributed by atoms with Gasteiger partial charge in [-0.1, -0.05) is 54.1 Å². The number of fused-ring (bicyclic) bond motifs is 1. The van der Waals surface area contributed by atoms with E-state index in [1.54, 1.807) is 0 Å². The van der Waals surface area contributed by atoms with Crippen molar-refractivity contribution in [2.75, 3.05) is 13.2 Å². The standard InChI is InChI=1S/C25H30ClNO2S/c1-25(2,13-17-7-8-18-5-3-4-6-20(18)11-17)27-14-22(28)15-29-24(19-9-10-19)21-12-23(26)30-16-21/h3-8,11-12,16,19,22,24,27-28H,9-10,13-15H2,1-2H3/t22-,24?/m1/s1. The third-order valence-electron chi connectivity index (χ3n) is 5.71. The molecule has 2 atom stereocenters. The second-order valence-electron chi connectivity index (χ2n) is 9.05. The molecule has 0 saturated heterocycles. The number of rotatable bonds is 10. The molecule has 1 saturated carbocycles. The summed E-state index contributed by atoms with van der Waals surface area (Å²) in [5, 5.41) is 18.6. The second-order valence-corrected chi connectivity index (χ2v) is 10.6. The van der Waals surface area contributed by atoms with Crippen molar-refractivity contribution >= 4 is 33.7 Å². The van der Waals surface area contributed by atoms with E-state index in [0.29, 0.717) is 19.1 Å². The summed E-state index contributed by atoms with van der Waals surface area (Å²) in [6, 6.07) is 17.0. The van der Waals surface area contributed by atoms with Gasteiger partial charge in [0.15, 0.2) is 0 Å². The van der Waals surface area contributed by atoms with Crippen LogP contribution in [0.3, 0.4) is 0 Å². The van der Waals surface area contributed by atoms with Gasteiger partial charge in [0.1, 0.15) is 0 Å². The highest BCUT2D eigenvalue weighted by Crippen LogP contribution is 2.44. The number of nitrogens with one attached hydrogen (secondary N) is 1. The van der Waals surface area contributed by atoms with E-state index >= 15 is 0 Å². The molecule has 160 valence electrons. The fourth-order valence-corrected chi connectivity index (χ4v) is 4.88. The Bertz CT molecular complexity index is 982. The molecule has 3 aromatic rings. The van der Waals surface area contributed by atoms with Gasteiger partial charge in [-0.25, -0.2) is 0 Å². The van der Waals surface area contributed by atoms with Gasteiger partial charge in [-0.15, -0.1) is 11.3 Å². The number of halogens is 1. The van der Waals surface area contributed by atoms with Crippen molar-refractivity contribution in [1.29, 1.82) is 0 Å². The summed E-state index contributed by atoms with van der Waals surface area (Å²) in [6.07, 6.45) is 2.77. The second kappa shape index (κ2) is 9.37. The van der Waals surface area contributed by atoms with Crippen LogP contribution in [0.5, 0.6) is 0 Å². The molecule has 1 aromatic heterocycles. The first-order chi connectivity index (χ1) is 14.4. The van der Waals surface area contributed by atoms with E-state index < -0.39 is 6.10 Å². The minimum absolute atomic E-state index is 0.0500. The van der Waals surface area contributed by atoms with Gasteiger partial charge < -0.3 is 15.2 Å². The van der Waals surface area contributed by atoms with Crippen molar-refractivity contribution < 1.29 is 9.84 Å². The summed E-state index contributed by atoms with van der Waals surface area (Å²) in [7, 11) is 0. The monoisotopic (exact) mass is 443 g/mol. The van der Waals surface area contributed by atoms with Crippen LogP contribution in [-0.4, -0.2) is 29.9 Å². The zero-order chi connectivity index (χ0) is 21.1. The Morgan fingerprint density at radius 3 is 2.63 bits per heavy atom. The van der Waals surface area contributed by atoms with E-state index in [9.17, 15) is 5.11 Å². The molecule has 5 heteroatoms. The molecule has 1 aliphatic carbocycles. The van der Waals surface area contributed by atoms with Crippen LogP contribution in [0.4, 0.5) is 0 Å². The van der Waals surface area contributed by atoms with Crippen LogP contribution in [0.15, 0.2) is 53.9 Å². The van der Waals surface area contributed by atoms with E-state index in [1.165, 1.54) is 40.5 Å². The summed E-state index contributed by atoms with van der Waals surface area (Å²) < 4.78 is 6.91. The maximum absolute atomic E-state index is 10.5. The van der Waals surface area contributed by atoms with Crippen molar-refractivity contribution in [1.82, 2.24) is 5.32 Å². The predicted octanol–water partition coefficient (Wildman–Crippen LogP) is 5.99. The first kappa shape index (κ1) is 21.8. The topological polar surface area (TPSA) is 41.5 Å². The molecule has 0 amide bonds. The van der Waals surface area contributed by atoms with Gasteiger partial charge in [-0.05, 0) is 72.4 Å². The average molecular weight is 444 g/mol. The van der Waals surface area contributed by atoms with Gasteiger partial charge >= 0.3 is 0 Å². The Balaban J connectivity index is 1.28. The minimum Gasteiger partial charge on any atom is -0.389 e. The Morgan fingerprint density at radius 1 is 1.17 bits per heavy atom. The third kappa shape index (κ3) is 5.83. The quantitative estimate of drug-likeness (QED) is 0.404. The van der Waals surface area contributed by atoms with E-state index in [2.05, 4.69) is 67.0 Å². The van der Waals surface area contributed by atoms with Gasteiger partial charge in [-0.2, -0.15) is 0 Å². The van der Waals surface area contributed by atoms with Crippen LogP contribution < -0.4 is 5.32 Å². The molecule has 0 aliphatic heterocycles. The number of β-amino-alcohol motifs (C(OH)–C–C–N with tert-alkyl or cyclic N) is 1. The summed E-state index contributed by atoms with van der Waals surface area (Å²) in [4.78, 5) is 0. The molecule has 1 unspecified atom stereocenters. The lowest BCUT2D eigenvalue weighted by atomic mass is 9.93. The van der Waals surface area contributed by atoms with Crippen LogP contribution in [-0.2, 0) is 11.2 Å². The van der Waals surface area contributed by atoms with E-state index in [4.69, 9.17) is 16.3 Å². The number of benzene rings is 2. The fraction of sp³-hybridized carbons (Fsp3) is 0.440. The van der Waals surface area contributed by atoms with E-state index in [-0.39, 0.29) is 11.6 Å². The molecule has 0 spiro atoms. The molecular formula is C25H30ClNO2S. The van der Waals surface area contributed by atoms with Crippen LogP contribution >= 0.6 is 22.9 Å². The molecule has 2 N–H and O–H groups in total. The predicted molar refractivity (Wildman–Crippen MR) is 126 cm³/mol. The number of thiophene rings is 1. The van der Waals surface area contributed by atoms with Crippen molar-refractivity contribution in [3.63, 3.8) is 0 Å². The molecule has 0 radical (unpaired) electrons. The van der Waals surface area contributed by atoms with Crippen LogP contribution in [0.1, 0.15) is 43.9 Å². The minimum atomic E-state index is -0.545. The number of ether oxygens (including phenoxy) is 1. The molecule has 4 rings (SSSR count). The van der Waals surface area contributed by atoms with Crippen molar-refractivity contribution in [2.45, 2.75) is 50.9 Å². The maximum Gasteiger partial charge on any atom is 0.0932 e. The molecule has 1 fully saturated rings. The summed E-state index contributed by atoms with van der Waals surface area (Å²) in [5.74, 6) is 0.556. The molecule has 30 heavy (non-hydrogen) atoms. The summed E-state index contributed by atoms with van der Waals surface area (Å²) in [6.45, 7) is 5.18. The van der Waals surface area contributed by atoms with E-state index in [0.717, 1.165) is 16.3 Å². The molecule has 2 aromatic carbocycles. The summed E-state index contributed by atoms with van der Waals surface area (Å²) >= 11 is 7.63. The fourth-order valence-electron chi connectivity index (χ4n) is 3.97. The molecular weight excluding hydrogens is 414 g/mol. The third-order valence-corrected chi connectivity index (χ3v) is 6.82. The van der Waals surface area contributed by atoms with Crippen molar-refractivity contribution in [2.24, 2.45) is 5.92 Å². The number of hydrogen-bond donors (Lipinski definition) is 2. The molecule has 1 heterocycles. The number of aliphatic hydroxyl groups is 1. The van der Waals surface area contributed by atoms with Crippen molar-refractivity contribution in [3.8, 4) is 0 Å². The first-order valence-corrected chi connectivity index (χ1v) is 11.9. The highest BCUT2D eigenvalue weighted by atomic mass is 35.5. The van der Waals surface area contributed by atoms with E-state index in [1.807, 2.05) is 6.07 Å². The normalized spacial score (nSPS) is 16.7. The maximum atomic E-state index is 10.5. The van der Waals surface area contributed by atoms with Gasteiger partial charge in [0.25, 0.3) is 0 Å².